The van der Waals surface area contributed by atoms with Crippen LogP contribution in [0.15, 0.2) is 0 Å². The van der Waals surface area contributed by atoms with Crippen LogP contribution in [-0.2, 0) is 4.79 Å². The second-order valence-electron chi connectivity index (χ2n) is 2.99. The number of nitro groups is 1. The molecule has 0 spiro atoms. The van der Waals surface area contributed by atoms with Crippen LogP contribution in [0, 0.1) is 28.9 Å². The van der Waals surface area contributed by atoms with E-state index in [4.69, 9.17) is 0 Å². The van der Waals surface area contributed by atoms with E-state index in [1.54, 1.807) is 6.92 Å². The number of aryl methyl sites for hydroxylation is 1. The van der Waals surface area contributed by atoms with Gasteiger partial charge in [-0.1, -0.05) is 5.92 Å². The monoisotopic (exact) mass is 222 g/mol. The molecule has 0 saturated heterocycles. The zero-order chi connectivity index (χ0) is 12.1. The van der Waals surface area contributed by atoms with Gasteiger partial charge >= 0.3 is 5.82 Å². The molecule has 84 valence electrons. The van der Waals surface area contributed by atoms with Crippen molar-refractivity contribution in [2.45, 2.75) is 13.8 Å². The normalized spacial score (nSPS) is 9.12. The molecule has 0 aliphatic carbocycles. The Balaban J connectivity index is 2.80. The highest BCUT2D eigenvalue weighted by atomic mass is 16.6. The third kappa shape index (κ3) is 3.09. The van der Waals surface area contributed by atoms with Crippen molar-refractivity contribution in [1.82, 2.24) is 15.3 Å². The van der Waals surface area contributed by atoms with Crippen LogP contribution in [0.2, 0.25) is 0 Å². The Bertz CT molecular complexity index is 481. The lowest BCUT2D eigenvalue weighted by atomic mass is 10.4. The number of carbonyl (C=O) groups is 1. The first-order chi connectivity index (χ1) is 7.50. The van der Waals surface area contributed by atoms with E-state index in [-0.39, 0.29) is 24.0 Å². The molecule has 0 radical (unpaired) electrons. The van der Waals surface area contributed by atoms with Gasteiger partial charge in [-0.2, -0.15) is 4.98 Å². The Morgan fingerprint density at radius 3 is 2.94 bits per heavy atom. The molecule has 0 saturated carbocycles. The molecule has 0 aromatic carbocycles. The summed E-state index contributed by atoms with van der Waals surface area (Å²) in [7, 11) is 0. The maximum atomic E-state index is 10.6. The third-order valence-electron chi connectivity index (χ3n) is 1.62. The maximum absolute atomic E-state index is 10.6. The standard InChI is InChI=1S/C9H10N4O3/c1-6-11-8(9(12-6)13(15)16)4-3-5-10-7(2)14/h5H2,1-2H3,(H,10,14)(H,11,12). The van der Waals surface area contributed by atoms with Crippen LogP contribution in [0.5, 0.6) is 0 Å². The molecule has 1 aromatic rings. The fourth-order valence-electron chi connectivity index (χ4n) is 0.995. The van der Waals surface area contributed by atoms with Gasteiger partial charge in [-0.3, -0.25) is 4.79 Å². The van der Waals surface area contributed by atoms with E-state index in [9.17, 15) is 14.9 Å². The molecule has 1 amide bonds. The minimum atomic E-state index is -0.581. The van der Waals surface area contributed by atoms with Crippen LogP contribution in [0.3, 0.4) is 0 Å². The molecular weight excluding hydrogens is 212 g/mol. The molecule has 1 aromatic heterocycles. The molecular formula is C9H10N4O3. The van der Waals surface area contributed by atoms with Crippen molar-refractivity contribution < 1.29 is 9.72 Å². The van der Waals surface area contributed by atoms with Gasteiger partial charge in [0.25, 0.3) is 0 Å². The van der Waals surface area contributed by atoms with Crippen LogP contribution in [0.1, 0.15) is 18.4 Å². The minimum absolute atomic E-state index is 0.0767. The average Bonchev–Trinajstić information content (AvgIpc) is 2.54. The highest BCUT2D eigenvalue weighted by Crippen LogP contribution is 2.12. The number of aromatic amines is 1. The van der Waals surface area contributed by atoms with Gasteiger partial charge in [0, 0.05) is 13.8 Å². The molecule has 16 heavy (non-hydrogen) atoms. The number of amides is 1. The topological polar surface area (TPSA) is 101 Å². The fourth-order valence-corrected chi connectivity index (χ4v) is 0.995. The van der Waals surface area contributed by atoms with Gasteiger partial charge in [0.1, 0.15) is 0 Å². The number of nitrogens with one attached hydrogen (secondary N) is 2. The Morgan fingerprint density at radius 2 is 2.38 bits per heavy atom. The Hall–Kier alpha value is -2.36. The second-order valence-corrected chi connectivity index (χ2v) is 2.99. The average molecular weight is 222 g/mol. The molecule has 7 heteroatoms. The molecule has 0 aliphatic heterocycles. The molecule has 0 bridgehead atoms. The summed E-state index contributed by atoms with van der Waals surface area (Å²) in [6.07, 6.45) is 0. The van der Waals surface area contributed by atoms with Gasteiger partial charge in [0.15, 0.2) is 5.82 Å². The van der Waals surface area contributed by atoms with Crippen molar-refractivity contribution >= 4 is 11.7 Å². The van der Waals surface area contributed by atoms with Gasteiger partial charge in [0.2, 0.25) is 11.6 Å². The molecule has 0 fully saturated rings. The molecule has 1 rings (SSSR count). The molecule has 0 atom stereocenters. The molecule has 0 aliphatic rings. The largest absolute Gasteiger partial charge is 0.358 e. The predicted molar refractivity (Wildman–Crippen MR) is 55.5 cm³/mol. The highest BCUT2D eigenvalue weighted by molar-refractivity contribution is 5.73. The van der Waals surface area contributed by atoms with Crippen LogP contribution in [0.25, 0.3) is 0 Å². The third-order valence-corrected chi connectivity index (χ3v) is 1.62. The van der Waals surface area contributed by atoms with Crippen LogP contribution in [-0.4, -0.2) is 27.3 Å². The summed E-state index contributed by atoms with van der Waals surface area (Å²) in [5, 5.41) is 13.0. The zero-order valence-electron chi connectivity index (χ0n) is 8.83. The predicted octanol–water partition coefficient (Wildman–Crippen LogP) is 0.114. The minimum Gasteiger partial charge on any atom is -0.358 e. The summed E-state index contributed by atoms with van der Waals surface area (Å²) in [5.41, 5.74) is 0.0767. The zero-order valence-corrected chi connectivity index (χ0v) is 8.83. The van der Waals surface area contributed by atoms with Gasteiger partial charge in [-0.25, -0.2) is 4.98 Å². The summed E-state index contributed by atoms with van der Waals surface area (Å²) in [5.74, 6) is 5.09. The Labute approximate surface area is 91.4 Å². The van der Waals surface area contributed by atoms with E-state index in [1.807, 2.05) is 0 Å². The first kappa shape index (κ1) is 11.7. The first-order valence-corrected chi connectivity index (χ1v) is 4.45. The number of rotatable bonds is 2. The number of carbonyl (C=O) groups excluding carboxylic acids is 1. The lowest BCUT2D eigenvalue weighted by Crippen LogP contribution is -2.19. The van der Waals surface area contributed by atoms with Gasteiger partial charge < -0.3 is 15.4 Å². The van der Waals surface area contributed by atoms with Crippen molar-refractivity contribution in [3.05, 3.63) is 21.6 Å². The Kier molecular flexibility index (Phi) is 3.61. The van der Waals surface area contributed by atoms with Crippen molar-refractivity contribution in [1.29, 1.82) is 0 Å². The van der Waals surface area contributed by atoms with Crippen LogP contribution >= 0.6 is 0 Å². The SMILES string of the molecule is CC(=O)NCC#Cc1nc(C)[nH]c1[N+](=O)[O-]. The maximum Gasteiger partial charge on any atom is 0.356 e. The van der Waals surface area contributed by atoms with E-state index in [0.29, 0.717) is 5.82 Å². The van der Waals surface area contributed by atoms with Gasteiger partial charge in [-0.15, -0.1) is 0 Å². The van der Waals surface area contributed by atoms with Gasteiger partial charge in [0.05, 0.1) is 6.54 Å². The van der Waals surface area contributed by atoms with Crippen molar-refractivity contribution in [2.24, 2.45) is 0 Å². The van der Waals surface area contributed by atoms with E-state index in [1.165, 1.54) is 6.92 Å². The van der Waals surface area contributed by atoms with Crippen LogP contribution < -0.4 is 5.32 Å². The second kappa shape index (κ2) is 4.93. The van der Waals surface area contributed by atoms with Crippen molar-refractivity contribution in [3.63, 3.8) is 0 Å². The van der Waals surface area contributed by atoms with E-state index < -0.39 is 4.92 Å². The number of imidazole rings is 1. The molecule has 2 N–H and O–H groups in total. The van der Waals surface area contributed by atoms with E-state index >= 15 is 0 Å². The Morgan fingerprint density at radius 1 is 1.69 bits per heavy atom. The molecule has 0 unspecified atom stereocenters. The summed E-state index contributed by atoms with van der Waals surface area (Å²) < 4.78 is 0. The first-order valence-electron chi connectivity index (χ1n) is 4.45. The number of hydrogen-bond donors (Lipinski definition) is 2. The van der Waals surface area contributed by atoms with Gasteiger partial charge in [-0.05, 0) is 10.8 Å². The smallest absolute Gasteiger partial charge is 0.356 e. The lowest BCUT2D eigenvalue weighted by molar-refractivity contribution is -0.389. The van der Waals surface area contributed by atoms with E-state index in [0.717, 1.165) is 0 Å². The number of nitrogens with zero attached hydrogens (tertiary/aromatic N) is 2. The van der Waals surface area contributed by atoms with Crippen LogP contribution in [0.4, 0.5) is 5.82 Å². The summed E-state index contributed by atoms with van der Waals surface area (Å²) in [4.78, 5) is 26.9. The number of aromatic nitrogens is 2. The van der Waals surface area contributed by atoms with E-state index in [2.05, 4.69) is 27.1 Å². The number of hydrogen-bond acceptors (Lipinski definition) is 4. The summed E-state index contributed by atoms with van der Waals surface area (Å²) >= 11 is 0. The fraction of sp³-hybridized carbons (Fsp3) is 0.333. The molecule has 7 nitrogen and oxygen atoms in total. The molecule has 1 heterocycles. The summed E-state index contributed by atoms with van der Waals surface area (Å²) in [6.45, 7) is 3.10. The number of H-pyrrole nitrogens is 1. The van der Waals surface area contributed by atoms with Crippen molar-refractivity contribution in [3.8, 4) is 11.8 Å². The summed E-state index contributed by atoms with van der Waals surface area (Å²) in [6, 6.07) is 0. The lowest BCUT2D eigenvalue weighted by Gasteiger charge is -1.91. The van der Waals surface area contributed by atoms with Crippen molar-refractivity contribution in [2.75, 3.05) is 6.54 Å². The quantitative estimate of drug-likeness (QED) is 0.421. The highest BCUT2D eigenvalue weighted by Gasteiger charge is 2.15.